The van der Waals surface area contributed by atoms with Gasteiger partial charge in [-0.2, -0.15) is 0 Å². The molecule has 0 atom stereocenters. The molecule has 0 bridgehead atoms. The number of hydrogen-bond donors (Lipinski definition) is 0. The van der Waals surface area contributed by atoms with E-state index in [1.807, 2.05) is 39.0 Å². The van der Waals surface area contributed by atoms with Crippen LogP contribution in [0.15, 0.2) is 18.2 Å². The summed E-state index contributed by atoms with van der Waals surface area (Å²) in [4.78, 5) is 27.5. The fourth-order valence-corrected chi connectivity index (χ4v) is 2.40. The van der Waals surface area contributed by atoms with Gasteiger partial charge in [0.15, 0.2) is 0 Å². The van der Waals surface area contributed by atoms with Crippen LogP contribution in [-0.2, 0) is 9.59 Å². The molecule has 0 aliphatic carbocycles. The van der Waals surface area contributed by atoms with Crippen molar-refractivity contribution in [1.82, 2.24) is 4.90 Å². The maximum atomic E-state index is 12.1. The van der Waals surface area contributed by atoms with Gasteiger partial charge in [-0.1, -0.05) is 6.07 Å². The summed E-state index contributed by atoms with van der Waals surface area (Å²) in [6, 6.07) is 5.68. The zero-order valence-electron chi connectivity index (χ0n) is 14.2. The van der Waals surface area contributed by atoms with E-state index in [1.165, 1.54) is 6.92 Å². The van der Waals surface area contributed by atoms with Crippen LogP contribution in [0.5, 0.6) is 5.75 Å². The SMILES string of the molecule is CCN(CC)C(=O)CCN(C(C)=O)c1cc(C)ccc1OC. The standard InChI is InChI=1S/C17H26N2O3/c1-6-18(7-2)17(21)10-11-19(14(4)20)15-12-13(3)8-9-16(15)22-5/h8-9,12H,6-7,10-11H2,1-5H3. The third-order valence-electron chi connectivity index (χ3n) is 3.67. The van der Waals surface area contributed by atoms with Crippen molar-refractivity contribution >= 4 is 17.5 Å². The predicted octanol–water partition coefficient (Wildman–Crippen LogP) is 2.62. The van der Waals surface area contributed by atoms with Gasteiger partial charge < -0.3 is 14.5 Å². The summed E-state index contributed by atoms with van der Waals surface area (Å²) in [5.74, 6) is 0.593. The van der Waals surface area contributed by atoms with E-state index in [9.17, 15) is 9.59 Å². The van der Waals surface area contributed by atoms with E-state index in [0.717, 1.165) is 5.56 Å². The molecule has 0 spiro atoms. The van der Waals surface area contributed by atoms with Crippen molar-refractivity contribution in [2.24, 2.45) is 0 Å². The van der Waals surface area contributed by atoms with Gasteiger partial charge >= 0.3 is 0 Å². The zero-order chi connectivity index (χ0) is 16.7. The molecule has 122 valence electrons. The van der Waals surface area contributed by atoms with Crippen molar-refractivity contribution in [3.8, 4) is 5.75 Å². The number of hydrogen-bond acceptors (Lipinski definition) is 3. The summed E-state index contributed by atoms with van der Waals surface area (Å²) in [5, 5.41) is 0. The second-order valence-electron chi connectivity index (χ2n) is 5.16. The summed E-state index contributed by atoms with van der Waals surface area (Å²) in [5.41, 5.74) is 1.75. The van der Waals surface area contributed by atoms with Gasteiger partial charge in [0.25, 0.3) is 0 Å². The van der Waals surface area contributed by atoms with Gasteiger partial charge in [-0.15, -0.1) is 0 Å². The quantitative estimate of drug-likeness (QED) is 0.778. The first-order valence-corrected chi connectivity index (χ1v) is 7.65. The lowest BCUT2D eigenvalue weighted by molar-refractivity contribution is -0.130. The van der Waals surface area contributed by atoms with E-state index in [4.69, 9.17) is 4.74 Å². The highest BCUT2D eigenvalue weighted by Crippen LogP contribution is 2.29. The van der Waals surface area contributed by atoms with Crippen LogP contribution in [0, 0.1) is 6.92 Å². The van der Waals surface area contributed by atoms with E-state index >= 15 is 0 Å². The Kier molecular flexibility index (Phi) is 6.89. The number of methoxy groups -OCH3 is 1. The summed E-state index contributed by atoms with van der Waals surface area (Å²) < 4.78 is 5.34. The van der Waals surface area contributed by atoms with Crippen LogP contribution in [-0.4, -0.2) is 43.5 Å². The lowest BCUT2D eigenvalue weighted by Crippen LogP contribution is -2.36. The summed E-state index contributed by atoms with van der Waals surface area (Å²) in [7, 11) is 1.58. The Morgan fingerprint density at radius 1 is 1.18 bits per heavy atom. The number of benzene rings is 1. The topological polar surface area (TPSA) is 49.9 Å². The van der Waals surface area contributed by atoms with Crippen molar-refractivity contribution in [1.29, 1.82) is 0 Å². The van der Waals surface area contributed by atoms with Crippen molar-refractivity contribution in [3.63, 3.8) is 0 Å². The van der Waals surface area contributed by atoms with E-state index in [-0.39, 0.29) is 11.8 Å². The summed E-state index contributed by atoms with van der Waals surface area (Å²) >= 11 is 0. The number of ether oxygens (including phenoxy) is 1. The molecule has 0 radical (unpaired) electrons. The molecule has 5 nitrogen and oxygen atoms in total. The maximum absolute atomic E-state index is 12.1. The van der Waals surface area contributed by atoms with Gasteiger partial charge in [-0.05, 0) is 38.5 Å². The Bertz CT molecular complexity index is 525. The molecule has 0 heterocycles. The van der Waals surface area contributed by atoms with E-state index in [2.05, 4.69) is 0 Å². The highest BCUT2D eigenvalue weighted by atomic mass is 16.5. The minimum absolute atomic E-state index is 0.0582. The molecule has 0 saturated heterocycles. The maximum Gasteiger partial charge on any atom is 0.224 e. The number of anilines is 1. The van der Waals surface area contributed by atoms with Gasteiger partial charge in [0.2, 0.25) is 11.8 Å². The lowest BCUT2D eigenvalue weighted by Gasteiger charge is -2.25. The smallest absolute Gasteiger partial charge is 0.224 e. The van der Waals surface area contributed by atoms with Crippen LogP contribution in [0.25, 0.3) is 0 Å². The zero-order valence-corrected chi connectivity index (χ0v) is 14.2. The number of nitrogens with zero attached hydrogens (tertiary/aromatic N) is 2. The molecular formula is C17H26N2O3. The molecule has 0 aliphatic heterocycles. The molecule has 5 heteroatoms. The molecule has 2 amide bonds. The predicted molar refractivity (Wildman–Crippen MR) is 88.3 cm³/mol. The third kappa shape index (κ3) is 4.48. The number of rotatable bonds is 7. The number of amides is 2. The molecule has 0 fully saturated rings. The molecule has 1 aromatic carbocycles. The highest BCUT2D eigenvalue weighted by molar-refractivity contribution is 5.94. The fourth-order valence-electron chi connectivity index (χ4n) is 2.40. The Morgan fingerprint density at radius 3 is 2.32 bits per heavy atom. The van der Waals surface area contributed by atoms with Crippen molar-refractivity contribution < 1.29 is 14.3 Å². The number of carbonyl (C=O) groups excluding carboxylic acids is 2. The lowest BCUT2D eigenvalue weighted by atomic mass is 10.1. The van der Waals surface area contributed by atoms with Gasteiger partial charge in [0, 0.05) is 33.0 Å². The second kappa shape index (κ2) is 8.41. The Morgan fingerprint density at radius 2 is 1.82 bits per heavy atom. The highest BCUT2D eigenvalue weighted by Gasteiger charge is 2.19. The molecule has 22 heavy (non-hydrogen) atoms. The van der Waals surface area contributed by atoms with Crippen LogP contribution in [0.1, 0.15) is 32.8 Å². The van der Waals surface area contributed by atoms with Crippen LogP contribution >= 0.6 is 0 Å². The Hall–Kier alpha value is -2.04. The van der Waals surface area contributed by atoms with Crippen molar-refractivity contribution in [2.75, 3.05) is 31.6 Å². The average Bonchev–Trinajstić information content (AvgIpc) is 2.48. The molecule has 1 aromatic rings. The molecule has 0 aromatic heterocycles. The molecular weight excluding hydrogens is 280 g/mol. The Balaban J connectivity index is 2.94. The first-order valence-electron chi connectivity index (χ1n) is 7.65. The number of aryl methyl sites for hydroxylation is 1. The second-order valence-corrected chi connectivity index (χ2v) is 5.16. The van der Waals surface area contributed by atoms with Gasteiger partial charge in [0.1, 0.15) is 5.75 Å². The minimum atomic E-state index is -0.101. The van der Waals surface area contributed by atoms with Crippen LogP contribution < -0.4 is 9.64 Å². The third-order valence-corrected chi connectivity index (χ3v) is 3.67. The molecule has 0 N–H and O–H groups in total. The van der Waals surface area contributed by atoms with Crippen LogP contribution in [0.4, 0.5) is 5.69 Å². The van der Waals surface area contributed by atoms with E-state index in [1.54, 1.807) is 16.9 Å². The summed E-state index contributed by atoms with van der Waals surface area (Å²) in [6.07, 6.45) is 0.304. The molecule has 0 aliphatic rings. The van der Waals surface area contributed by atoms with E-state index < -0.39 is 0 Å². The molecule has 0 saturated carbocycles. The summed E-state index contributed by atoms with van der Waals surface area (Å²) in [6.45, 7) is 9.09. The molecule has 1 rings (SSSR count). The molecule has 0 unspecified atom stereocenters. The van der Waals surface area contributed by atoms with Gasteiger partial charge in [-0.3, -0.25) is 9.59 Å². The minimum Gasteiger partial charge on any atom is -0.495 e. The van der Waals surface area contributed by atoms with Crippen LogP contribution in [0.2, 0.25) is 0 Å². The van der Waals surface area contributed by atoms with Crippen LogP contribution in [0.3, 0.4) is 0 Å². The average molecular weight is 306 g/mol. The largest absolute Gasteiger partial charge is 0.495 e. The first-order chi connectivity index (χ1) is 10.4. The number of carbonyl (C=O) groups is 2. The fraction of sp³-hybridized carbons (Fsp3) is 0.529. The first kappa shape index (κ1) is 18.0. The van der Waals surface area contributed by atoms with E-state index in [0.29, 0.717) is 37.5 Å². The van der Waals surface area contributed by atoms with Gasteiger partial charge in [0.05, 0.1) is 12.8 Å². The Labute approximate surface area is 132 Å². The van der Waals surface area contributed by atoms with Crippen molar-refractivity contribution in [3.05, 3.63) is 23.8 Å². The normalized spacial score (nSPS) is 10.2. The monoisotopic (exact) mass is 306 g/mol. The van der Waals surface area contributed by atoms with Crippen molar-refractivity contribution in [2.45, 2.75) is 34.1 Å². The van der Waals surface area contributed by atoms with Gasteiger partial charge in [-0.25, -0.2) is 0 Å².